The Hall–Kier alpha value is -2.17. The molecule has 0 amide bonds. The van der Waals surface area contributed by atoms with Crippen molar-refractivity contribution in [2.45, 2.75) is 19.9 Å². The fourth-order valence-electron chi connectivity index (χ4n) is 1.85. The number of benzene rings is 1. The Morgan fingerprint density at radius 1 is 1.44 bits per heavy atom. The molecule has 0 aliphatic heterocycles. The zero-order valence-corrected chi connectivity index (χ0v) is 9.93. The lowest BCUT2D eigenvalue weighted by molar-refractivity contribution is 0.0692. The van der Waals surface area contributed by atoms with Crippen molar-refractivity contribution in [2.75, 3.05) is 0 Å². The van der Waals surface area contributed by atoms with Gasteiger partial charge in [0.05, 0.1) is 11.3 Å². The molecule has 0 bridgehead atoms. The zero-order valence-electron chi connectivity index (χ0n) is 9.93. The van der Waals surface area contributed by atoms with Crippen LogP contribution in [0, 0.1) is 5.82 Å². The van der Waals surface area contributed by atoms with Gasteiger partial charge in [0.15, 0.2) is 0 Å². The largest absolute Gasteiger partial charge is 0.478 e. The van der Waals surface area contributed by atoms with Crippen LogP contribution in [-0.4, -0.2) is 20.9 Å². The quantitative estimate of drug-likeness (QED) is 0.905. The Kier molecular flexibility index (Phi) is 3.41. The molecule has 0 atom stereocenters. The third kappa shape index (κ3) is 2.11. The van der Waals surface area contributed by atoms with Gasteiger partial charge in [0, 0.05) is 18.3 Å². The highest BCUT2D eigenvalue weighted by molar-refractivity contribution is 5.89. The van der Waals surface area contributed by atoms with Gasteiger partial charge < -0.3 is 5.11 Å². The van der Waals surface area contributed by atoms with Crippen molar-refractivity contribution in [1.82, 2.24) is 9.78 Å². The number of carbonyl (C=O) groups is 1. The van der Waals surface area contributed by atoms with Gasteiger partial charge in [-0.05, 0) is 24.6 Å². The van der Waals surface area contributed by atoms with Gasteiger partial charge in [-0.15, -0.1) is 0 Å². The average molecular weight is 248 g/mol. The van der Waals surface area contributed by atoms with Crippen LogP contribution in [0.25, 0.3) is 11.3 Å². The van der Waals surface area contributed by atoms with E-state index in [1.807, 2.05) is 6.92 Å². The van der Waals surface area contributed by atoms with Crippen LogP contribution < -0.4 is 0 Å². The van der Waals surface area contributed by atoms with E-state index in [0.717, 1.165) is 6.42 Å². The average Bonchev–Trinajstić information content (AvgIpc) is 2.77. The van der Waals surface area contributed by atoms with Crippen LogP contribution in [0.15, 0.2) is 30.5 Å². The van der Waals surface area contributed by atoms with Crippen molar-refractivity contribution in [3.63, 3.8) is 0 Å². The maximum absolute atomic E-state index is 14.1. The molecular formula is C13H13FN2O2. The summed E-state index contributed by atoms with van der Waals surface area (Å²) in [5.74, 6) is -1.99. The fraction of sp³-hybridized carbons (Fsp3) is 0.231. The molecule has 94 valence electrons. The van der Waals surface area contributed by atoms with Gasteiger partial charge in [-0.2, -0.15) is 5.10 Å². The van der Waals surface area contributed by atoms with Crippen LogP contribution in [0.4, 0.5) is 4.39 Å². The van der Waals surface area contributed by atoms with Crippen LogP contribution in [0.1, 0.15) is 23.7 Å². The smallest absolute Gasteiger partial charge is 0.338 e. The molecule has 0 aliphatic rings. The SMILES string of the molecule is CCCn1nccc1-c1cccc(C(=O)O)c1F. The van der Waals surface area contributed by atoms with Crippen LogP contribution in [-0.2, 0) is 6.54 Å². The number of carboxylic acid groups (broad SMARTS) is 1. The molecule has 0 saturated heterocycles. The first-order chi connectivity index (χ1) is 8.65. The molecule has 4 nitrogen and oxygen atoms in total. The summed E-state index contributed by atoms with van der Waals surface area (Å²) in [6.07, 6.45) is 2.45. The number of aromatic carboxylic acids is 1. The number of aromatic nitrogens is 2. The molecule has 5 heteroatoms. The first-order valence-electron chi connectivity index (χ1n) is 5.69. The molecule has 2 rings (SSSR count). The van der Waals surface area contributed by atoms with Crippen LogP contribution >= 0.6 is 0 Å². The van der Waals surface area contributed by atoms with E-state index in [1.54, 1.807) is 23.0 Å². The molecule has 0 fully saturated rings. The normalized spacial score (nSPS) is 10.6. The van der Waals surface area contributed by atoms with Crippen LogP contribution in [0.3, 0.4) is 0 Å². The highest BCUT2D eigenvalue weighted by Gasteiger charge is 2.17. The number of nitrogens with zero attached hydrogens (tertiary/aromatic N) is 2. The molecule has 18 heavy (non-hydrogen) atoms. The summed E-state index contributed by atoms with van der Waals surface area (Å²) in [5, 5.41) is 13.0. The van der Waals surface area contributed by atoms with Gasteiger partial charge >= 0.3 is 5.97 Å². The van der Waals surface area contributed by atoms with Crippen molar-refractivity contribution >= 4 is 5.97 Å². The molecule has 0 aliphatic carbocycles. The number of halogens is 1. The second kappa shape index (κ2) is 5.00. The van der Waals surface area contributed by atoms with Gasteiger partial charge in [0.1, 0.15) is 5.82 Å². The summed E-state index contributed by atoms with van der Waals surface area (Å²) >= 11 is 0. The Bertz CT molecular complexity index is 578. The molecule has 0 saturated carbocycles. The second-order valence-electron chi connectivity index (χ2n) is 3.91. The maximum Gasteiger partial charge on any atom is 0.338 e. The molecule has 1 aromatic carbocycles. The Balaban J connectivity index is 2.54. The molecule has 0 spiro atoms. The minimum Gasteiger partial charge on any atom is -0.478 e. The highest BCUT2D eigenvalue weighted by atomic mass is 19.1. The number of carboxylic acids is 1. The fourth-order valence-corrected chi connectivity index (χ4v) is 1.85. The summed E-state index contributed by atoms with van der Waals surface area (Å²) in [5.41, 5.74) is 0.537. The van der Waals surface area contributed by atoms with E-state index in [-0.39, 0.29) is 11.1 Å². The number of hydrogen-bond donors (Lipinski definition) is 1. The lowest BCUT2D eigenvalue weighted by Gasteiger charge is -2.08. The Labute approximate surface area is 104 Å². The van der Waals surface area contributed by atoms with Crippen molar-refractivity contribution in [2.24, 2.45) is 0 Å². The first-order valence-corrected chi connectivity index (χ1v) is 5.69. The molecule has 1 aromatic heterocycles. The minimum atomic E-state index is -1.27. The summed E-state index contributed by atoms with van der Waals surface area (Å²) < 4.78 is 15.8. The van der Waals surface area contributed by atoms with E-state index in [0.29, 0.717) is 12.2 Å². The van der Waals surface area contributed by atoms with Crippen molar-refractivity contribution in [1.29, 1.82) is 0 Å². The van der Waals surface area contributed by atoms with Crippen molar-refractivity contribution in [3.05, 3.63) is 41.8 Å². The van der Waals surface area contributed by atoms with Crippen LogP contribution in [0.5, 0.6) is 0 Å². The topological polar surface area (TPSA) is 55.1 Å². The van der Waals surface area contributed by atoms with Crippen molar-refractivity contribution < 1.29 is 14.3 Å². The van der Waals surface area contributed by atoms with Crippen LogP contribution in [0.2, 0.25) is 0 Å². The lowest BCUT2D eigenvalue weighted by atomic mass is 10.1. The predicted molar refractivity (Wildman–Crippen MR) is 64.9 cm³/mol. The van der Waals surface area contributed by atoms with Gasteiger partial charge in [0.2, 0.25) is 0 Å². The highest BCUT2D eigenvalue weighted by Crippen LogP contribution is 2.25. The molecule has 1 heterocycles. The number of hydrogen-bond acceptors (Lipinski definition) is 2. The van der Waals surface area contributed by atoms with Gasteiger partial charge in [-0.25, -0.2) is 9.18 Å². The van der Waals surface area contributed by atoms with E-state index < -0.39 is 11.8 Å². The van der Waals surface area contributed by atoms with Gasteiger partial charge in [-0.1, -0.05) is 13.0 Å². The molecule has 0 radical (unpaired) electrons. The Morgan fingerprint density at radius 3 is 2.89 bits per heavy atom. The summed E-state index contributed by atoms with van der Waals surface area (Å²) in [7, 11) is 0. The van der Waals surface area contributed by atoms with Gasteiger partial charge in [-0.3, -0.25) is 4.68 Å². The lowest BCUT2D eigenvalue weighted by Crippen LogP contribution is -2.05. The molecular weight excluding hydrogens is 235 g/mol. The monoisotopic (exact) mass is 248 g/mol. The molecule has 1 N–H and O–H groups in total. The summed E-state index contributed by atoms with van der Waals surface area (Å²) in [6, 6.07) is 6.03. The van der Waals surface area contributed by atoms with Gasteiger partial charge in [0.25, 0.3) is 0 Å². The standard InChI is InChI=1S/C13H13FN2O2/c1-2-8-16-11(6-7-15-16)9-4-3-5-10(12(9)14)13(17)18/h3-7H,2,8H2,1H3,(H,17,18). The third-order valence-electron chi connectivity index (χ3n) is 2.66. The maximum atomic E-state index is 14.1. The summed E-state index contributed by atoms with van der Waals surface area (Å²) in [6.45, 7) is 2.66. The molecule has 2 aromatic rings. The first kappa shape index (κ1) is 12.3. The number of rotatable bonds is 4. The van der Waals surface area contributed by atoms with E-state index >= 15 is 0 Å². The minimum absolute atomic E-state index is 0.265. The predicted octanol–water partition coefficient (Wildman–Crippen LogP) is 2.80. The second-order valence-corrected chi connectivity index (χ2v) is 3.91. The Morgan fingerprint density at radius 2 is 2.22 bits per heavy atom. The molecule has 0 unspecified atom stereocenters. The van der Waals surface area contributed by atoms with Crippen molar-refractivity contribution in [3.8, 4) is 11.3 Å². The third-order valence-corrected chi connectivity index (χ3v) is 2.66. The van der Waals surface area contributed by atoms with E-state index in [4.69, 9.17) is 5.11 Å². The van der Waals surface area contributed by atoms with E-state index in [9.17, 15) is 9.18 Å². The van der Waals surface area contributed by atoms with E-state index in [1.165, 1.54) is 12.1 Å². The van der Waals surface area contributed by atoms with E-state index in [2.05, 4.69) is 5.10 Å². The summed E-state index contributed by atoms with van der Waals surface area (Å²) in [4.78, 5) is 10.9. The zero-order chi connectivity index (χ0) is 13.1. The number of aryl methyl sites for hydroxylation is 1.